The average molecular weight is 116 g/mol. The van der Waals surface area contributed by atoms with Crippen LogP contribution in [-0.4, -0.2) is 4.75 Å². The highest BCUT2D eigenvalue weighted by molar-refractivity contribution is 7.82. The molecular weight excluding hydrogens is 104 g/mol. The highest BCUT2D eigenvalue weighted by Crippen LogP contribution is 2.23. The Balaban J connectivity index is 3.54. The van der Waals surface area contributed by atoms with Gasteiger partial charge in [-0.2, -0.15) is 0 Å². The van der Waals surface area contributed by atoms with Crippen LogP contribution >= 0.6 is 12.6 Å². The van der Waals surface area contributed by atoms with Gasteiger partial charge in [-0.15, -0.1) is 0 Å². The van der Waals surface area contributed by atoms with E-state index in [1.165, 1.54) is 5.92 Å². The molecule has 0 bridgehead atoms. The molecule has 1 heteroatoms. The van der Waals surface area contributed by atoms with Gasteiger partial charge in [0, 0.05) is 4.75 Å². The molecule has 0 N–H and O–H groups in total. The van der Waals surface area contributed by atoms with Gasteiger partial charge in [-0.3, -0.25) is 0 Å². The lowest BCUT2D eigenvalue weighted by Crippen LogP contribution is -2.16. The van der Waals surface area contributed by atoms with Gasteiger partial charge in [-0.05, 0) is 19.8 Å². The SMILES string of the molecule is C[C](C)C(C)(C)[S]. The highest BCUT2D eigenvalue weighted by Gasteiger charge is 2.16. The van der Waals surface area contributed by atoms with Crippen molar-refractivity contribution in [2.24, 2.45) is 0 Å². The zero-order chi connectivity index (χ0) is 6.08. The predicted molar refractivity (Wildman–Crippen MR) is 36.3 cm³/mol. The van der Waals surface area contributed by atoms with E-state index < -0.39 is 0 Å². The summed E-state index contributed by atoms with van der Waals surface area (Å²) in [4.78, 5) is 0. The molecule has 0 nitrogen and oxygen atoms in total. The summed E-state index contributed by atoms with van der Waals surface area (Å²) < 4.78 is 0. The van der Waals surface area contributed by atoms with Crippen molar-refractivity contribution in [2.45, 2.75) is 32.4 Å². The summed E-state index contributed by atoms with van der Waals surface area (Å²) >= 11 is 5.07. The van der Waals surface area contributed by atoms with Gasteiger partial charge in [0.25, 0.3) is 0 Å². The Labute approximate surface area is 51.7 Å². The van der Waals surface area contributed by atoms with Crippen molar-refractivity contribution in [2.75, 3.05) is 0 Å². The van der Waals surface area contributed by atoms with Crippen LogP contribution in [0.5, 0.6) is 0 Å². The third-order valence-electron chi connectivity index (χ3n) is 1.20. The van der Waals surface area contributed by atoms with Crippen LogP contribution in [0.2, 0.25) is 0 Å². The summed E-state index contributed by atoms with van der Waals surface area (Å²) in [6, 6.07) is 0. The smallest absolute Gasteiger partial charge is 0.0264 e. The van der Waals surface area contributed by atoms with E-state index in [-0.39, 0.29) is 4.75 Å². The van der Waals surface area contributed by atoms with Gasteiger partial charge in [-0.25, -0.2) is 0 Å². The monoisotopic (exact) mass is 116 g/mol. The van der Waals surface area contributed by atoms with Crippen molar-refractivity contribution in [3.8, 4) is 0 Å². The van der Waals surface area contributed by atoms with Gasteiger partial charge in [0.15, 0.2) is 0 Å². The van der Waals surface area contributed by atoms with E-state index in [4.69, 9.17) is 12.6 Å². The fraction of sp³-hybridized carbons (Fsp3) is 0.833. The van der Waals surface area contributed by atoms with Crippen LogP contribution in [0.4, 0.5) is 0 Å². The van der Waals surface area contributed by atoms with E-state index >= 15 is 0 Å². The molecule has 0 unspecified atom stereocenters. The summed E-state index contributed by atoms with van der Waals surface area (Å²) in [6.45, 7) is 8.20. The van der Waals surface area contributed by atoms with E-state index in [9.17, 15) is 0 Å². The molecule has 0 aliphatic heterocycles. The fourth-order valence-electron chi connectivity index (χ4n) is 0. The van der Waals surface area contributed by atoms with Crippen molar-refractivity contribution < 1.29 is 0 Å². The van der Waals surface area contributed by atoms with Crippen LogP contribution < -0.4 is 0 Å². The van der Waals surface area contributed by atoms with Crippen molar-refractivity contribution >= 4 is 12.6 Å². The second-order valence-electron chi connectivity index (χ2n) is 2.51. The second kappa shape index (κ2) is 2.08. The number of hydrogen-bond donors (Lipinski definition) is 0. The first kappa shape index (κ1) is 7.35. The van der Waals surface area contributed by atoms with Crippen LogP contribution in [0.15, 0.2) is 0 Å². The Morgan fingerprint density at radius 3 is 1.43 bits per heavy atom. The quantitative estimate of drug-likeness (QED) is 0.494. The summed E-state index contributed by atoms with van der Waals surface area (Å²) in [5.41, 5.74) is 0. The van der Waals surface area contributed by atoms with E-state index in [2.05, 4.69) is 13.8 Å². The van der Waals surface area contributed by atoms with Crippen LogP contribution in [-0.2, 0) is 0 Å². The molecular formula is C6H12S. The Hall–Kier alpha value is 0.350. The topological polar surface area (TPSA) is 0 Å². The third-order valence-corrected chi connectivity index (χ3v) is 1.61. The third kappa shape index (κ3) is 2.98. The fourth-order valence-corrected chi connectivity index (χ4v) is 0. The maximum Gasteiger partial charge on any atom is 0.0264 e. The first-order valence-electron chi connectivity index (χ1n) is 2.45. The van der Waals surface area contributed by atoms with Gasteiger partial charge >= 0.3 is 0 Å². The maximum atomic E-state index is 5.07. The Bertz CT molecular complexity index is 49.7. The molecule has 0 rings (SSSR count). The Morgan fingerprint density at radius 1 is 1.29 bits per heavy atom. The lowest BCUT2D eigenvalue weighted by Gasteiger charge is -2.19. The largest absolute Gasteiger partial charge is 0.0867 e. The molecule has 42 valence electrons. The molecule has 7 heavy (non-hydrogen) atoms. The molecule has 0 saturated carbocycles. The highest BCUT2D eigenvalue weighted by atomic mass is 32.1. The molecule has 0 heterocycles. The lowest BCUT2D eigenvalue weighted by atomic mass is 10.00. The van der Waals surface area contributed by atoms with E-state index in [1.54, 1.807) is 0 Å². The molecule has 0 atom stereocenters. The second-order valence-corrected chi connectivity index (χ2v) is 3.53. The Morgan fingerprint density at radius 2 is 1.43 bits per heavy atom. The zero-order valence-electron chi connectivity index (χ0n) is 5.41. The van der Waals surface area contributed by atoms with Crippen molar-refractivity contribution in [1.29, 1.82) is 0 Å². The number of hydrogen-bond acceptors (Lipinski definition) is 0. The normalized spacial score (nSPS) is 12.9. The van der Waals surface area contributed by atoms with Gasteiger partial charge in [0.2, 0.25) is 0 Å². The summed E-state index contributed by atoms with van der Waals surface area (Å²) in [5.74, 6) is 1.31. The van der Waals surface area contributed by atoms with Gasteiger partial charge < -0.3 is 0 Å². The van der Waals surface area contributed by atoms with Gasteiger partial charge in [0.05, 0.1) is 0 Å². The minimum absolute atomic E-state index is 0. The van der Waals surface area contributed by atoms with Crippen molar-refractivity contribution in [1.82, 2.24) is 0 Å². The average Bonchev–Trinajstić information content (AvgIpc) is 1.31. The molecule has 0 saturated heterocycles. The van der Waals surface area contributed by atoms with E-state index in [0.717, 1.165) is 0 Å². The molecule has 0 aromatic rings. The maximum absolute atomic E-state index is 5.07. The molecule has 0 aliphatic carbocycles. The van der Waals surface area contributed by atoms with Crippen LogP contribution in [0.1, 0.15) is 27.7 Å². The zero-order valence-corrected chi connectivity index (χ0v) is 6.22. The molecule has 0 amide bonds. The molecule has 2 radical (unpaired) electrons. The van der Waals surface area contributed by atoms with Crippen LogP contribution in [0.25, 0.3) is 0 Å². The van der Waals surface area contributed by atoms with Gasteiger partial charge in [0.1, 0.15) is 0 Å². The van der Waals surface area contributed by atoms with Gasteiger partial charge in [-0.1, -0.05) is 26.5 Å². The van der Waals surface area contributed by atoms with Crippen LogP contribution in [0, 0.1) is 5.92 Å². The minimum atomic E-state index is 0. The predicted octanol–water partition coefficient (Wildman–Crippen LogP) is 2.58. The van der Waals surface area contributed by atoms with E-state index in [1.807, 2.05) is 13.8 Å². The summed E-state index contributed by atoms with van der Waals surface area (Å²) in [6.07, 6.45) is 0. The first-order chi connectivity index (χ1) is 2.94. The summed E-state index contributed by atoms with van der Waals surface area (Å²) in [7, 11) is 0. The van der Waals surface area contributed by atoms with Crippen molar-refractivity contribution in [3.05, 3.63) is 5.92 Å². The molecule has 0 spiro atoms. The van der Waals surface area contributed by atoms with E-state index in [0.29, 0.717) is 0 Å². The number of rotatable bonds is 1. The lowest BCUT2D eigenvalue weighted by molar-refractivity contribution is 0.733. The molecule has 0 aromatic carbocycles. The van der Waals surface area contributed by atoms with Crippen molar-refractivity contribution in [3.63, 3.8) is 0 Å². The Kier molecular flexibility index (Phi) is 2.18. The molecule has 0 aromatic heterocycles. The molecule has 0 aliphatic rings. The standard InChI is InChI=1S/C6H12S/c1-5(2)6(3,4)7/h1-4H3. The molecule has 0 fully saturated rings. The van der Waals surface area contributed by atoms with Crippen LogP contribution in [0.3, 0.4) is 0 Å². The summed E-state index contributed by atoms with van der Waals surface area (Å²) in [5, 5.41) is 0. The minimum Gasteiger partial charge on any atom is -0.0867 e. The first-order valence-corrected chi connectivity index (χ1v) is 2.86.